The Bertz CT molecular complexity index is 983. The Morgan fingerprint density at radius 3 is 2.57 bits per heavy atom. The summed E-state index contributed by atoms with van der Waals surface area (Å²) in [6.45, 7) is 4.27. The maximum absolute atomic E-state index is 12.2. The van der Waals surface area contributed by atoms with E-state index in [1.807, 2.05) is 19.9 Å². The minimum atomic E-state index is -0.672. The van der Waals surface area contributed by atoms with Gasteiger partial charge in [0.1, 0.15) is 0 Å². The lowest BCUT2D eigenvalue weighted by Crippen LogP contribution is -2.21. The molecule has 1 aromatic heterocycles. The highest BCUT2D eigenvalue weighted by atomic mass is 16.5. The van der Waals surface area contributed by atoms with Crippen LogP contribution in [-0.2, 0) is 9.53 Å². The molecule has 0 fully saturated rings. The number of nitrogens with zero attached hydrogens (tertiary/aromatic N) is 1. The van der Waals surface area contributed by atoms with E-state index >= 15 is 0 Å². The Hall–Kier alpha value is -3.55. The second-order valence-electron chi connectivity index (χ2n) is 5.77. The van der Waals surface area contributed by atoms with E-state index in [0.29, 0.717) is 35.8 Å². The molecule has 0 aliphatic heterocycles. The fourth-order valence-corrected chi connectivity index (χ4v) is 2.64. The highest BCUT2D eigenvalue weighted by molar-refractivity contribution is 6.03. The Morgan fingerprint density at radius 2 is 1.79 bits per heavy atom. The van der Waals surface area contributed by atoms with E-state index in [9.17, 15) is 9.59 Å². The number of esters is 1. The largest absolute Gasteiger partial charge is 0.490 e. The van der Waals surface area contributed by atoms with Gasteiger partial charge in [-0.3, -0.25) is 9.89 Å². The van der Waals surface area contributed by atoms with Crippen LogP contribution in [0.5, 0.6) is 11.5 Å². The molecule has 1 heterocycles. The van der Waals surface area contributed by atoms with Gasteiger partial charge in [0.2, 0.25) is 0 Å². The summed E-state index contributed by atoms with van der Waals surface area (Å²) in [6.07, 6.45) is 0. The quantitative estimate of drug-likeness (QED) is 0.579. The number of nitrogens with one attached hydrogen (secondary N) is 2. The summed E-state index contributed by atoms with van der Waals surface area (Å²) in [5.41, 5.74) is 1.37. The Labute approximate surface area is 161 Å². The number of benzene rings is 2. The number of rotatable bonds is 8. The number of para-hydroxylation sites is 1. The van der Waals surface area contributed by atoms with E-state index in [1.54, 1.807) is 36.4 Å². The zero-order valence-electron chi connectivity index (χ0n) is 15.7. The average molecular weight is 383 g/mol. The second kappa shape index (κ2) is 8.90. The molecule has 0 saturated carbocycles. The lowest BCUT2D eigenvalue weighted by Gasteiger charge is -2.13. The van der Waals surface area contributed by atoms with Crippen LogP contribution in [0, 0.1) is 0 Å². The Morgan fingerprint density at radius 1 is 1.04 bits per heavy atom. The molecule has 0 bridgehead atoms. The molecule has 0 radical (unpaired) electrons. The van der Waals surface area contributed by atoms with E-state index in [-0.39, 0.29) is 5.69 Å². The van der Waals surface area contributed by atoms with E-state index in [2.05, 4.69) is 15.5 Å². The minimum Gasteiger partial charge on any atom is -0.490 e. The summed E-state index contributed by atoms with van der Waals surface area (Å²) in [4.78, 5) is 24.4. The first-order chi connectivity index (χ1) is 13.6. The van der Waals surface area contributed by atoms with Gasteiger partial charge in [-0.05, 0) is 32.0 Å². The number of anilines is 1. The molecule has 2 aromatic carbocycles. The third kappa shape index (κ3) is 4.40. The van der Waals surface area contributed by atoms with Crippen LogP contribution in [0.1, 0.15) is 24.3 Å². The van der Waals surface area contributed by atoms with Crippen LogP contribution in [0.4, 0.5) is 5.69 Å². The first-order valence-corrected chi connectivity index (χ1v) is 8.92. The zero-order valence-corrected chi connectivity index (χ0v) is 15.7. The van der Waals surface area contributed by atoms with E-state index in [0.717, 1.165) is 5.52 Å². The van der Waals surface area contributed by atoms with Crippen molar-refractivity contribution in [3.05, 3.63) is 48.2 Å². The van der Waals surface area contributed by atoms with Crippen molar-refractivity contribution in [2.24, 2.45) is 0 Å². The molecule has 0 aliphatic rings. The molecule has 0 unspecified atom stereocenters. The first-order valence-electron chi connectivity index (χ1n) is 8.92. The maximum Gasteiger partial charge on any atom is 0.359 e. The maximum atomic E-state index is 12.2. The highest BCUT2D eigenvalue weighted by Crippen LogP contribution is 2.30. The number of amides is 1. The lowest BCUT2D eigenvalue weighted by atomic mass is 10.2. The van der Waals surface area contributed by atoms with Gasteiger partial charge in [-0.25, -0.2) is 4.79 Å². The molecule has 3 rings (SSSR count). The second-order valence-corrected chi connectivity index (χ2v) is 5.77. The summed E-state index contributed by atoms with van der Waals surface area (Å²) >= 11 is 0. The number of ether oxygens (including phenoxy) is 3. The van der Waals surface area contributed by atoms with Gasteiger partial charge >= 0.3 is 5.97 Å². The number of hydrogen-bond donors (Lipinski definition) is 2. The highest BCUT2D eigenvalue weighted by Gasteiger charge is 2.17. The van der Waals surface area contributed by atoms with Gasteiger partial charge in [-0.2, -0.15) is 5.10 Å². The molecule has 0 saturated heterocycles. The molecule has 2 N–H and O–H groups in total. The van der Waals surface area contributed by atoms with Crippen LogP contribution in [-0.4, -0.2) is 41.9 Å². The average Bonchev–Trinajstić information content (AvgIpc) is 3.13. The third-order valence-corrected chi connectivity index (χ3v) is 3.83. The van der Waals surface area contributed by atoms with Gasteiger partial charge in [-0.1, -0.05) is 18.2 Å². The summed E-state index contributed by atoms with van der Waals surface area (Å²) in [5, 5.41) is 10.0. The van der Waals surface area contributed by atoms with Crippen molar-refractivity contribution in [3.63, 3.8) is 0 Å². The predicted molar refractivity (Wildman–Crippen MR) is 104 cm³/mol. The van der Waals surface area contributed by atoms with E-state index in [1.165, 1.54) is 0 Å². The van der Waals surface area contributed by atoms with Gasteiger partial charge in [0, 0.05) is 17.1 Å². The molecular weight excluding hydrogens is 362 g/mol. The van der Waals surface area contributed by atoms with Crippen LogP contribution in [0.3, 0.4) is 0 Å². The van der Waals surface area contributed by atoms with Crippen molar-refractivity contribution in [1.29, 1.82) is 0 Å². The molecule has 0 atom stereocenters. The summed E-state index contributed by atoms with van der Waals surface area (Å²) in [5.74, 6) is -0.0181. The summed E-state index contributed by atoms with van der Waals surface area (Å²) < 4.78 is 16.1. The fraction of sp³-hybridized carbons (Fsp3) is 0.250. The van der Waals surface area contributed by atoms with Gasteiger partial charge < -0.3 is 19.5 Å². The van der Waals surface area contributed by atoms with Crippen molar-refractivity contribution in [3.8, 4) is 11.5 Å². The summed E-state index contributed by atoms with van der Waals surface area (Å²) in [7, 11) is 0. The zero-order chi connectivity index (χ0) is 19.9. The van der Waals surface area contributed by atoms with Gasteiger partial charge in [0.05, 0.1) is 18.7 Å². The molecule has 1 amide bonds. The number of fused-ring (bicyclic) bond motifs is 1. The van der Waals surface area contributed by atoms with Gasteiger partial charge in [0.15, 0.2) is 23.8 Å². The molecule has 28 heavy (non-hydrogen) atoms. The van der Waals surface area contributed by atoms with Crippen LogP contribution in [0.25, 0.3) is 10.9 Å². The van der Waals surface area contributed by atoms with Crippen LogP contribution < -0.4 is 14.8 Å². The third-order valence-electron chi connectivity index (χ3n) is 3.83. The fourth-order valence-electron chi connectivity index (χ4n) is 2.64. The molecule has 8 nitrogen and oxygen atoms in total. The minimum absolute atomic E-state index is 0.142. The predicted octanol–water partition coefficient (Wildman–Crippen LogP) is 3.16. The van der Waals surface area contributed by atoms with Crippen molar-refractivity contribution in [2.75, 3.05) is 25.1 Å². The molecule has 146 valence electrons. The molecule has 3 aromatic rings. The normalized spacial score (nSPS) is 10.5. The molecule has 8 heteroatoms. The molecule has 0 aliphatic carbocycles. The first kappa shape index (κ1) is 19.2. The van der Waals surface area contributed by atoms with Crippen molar-refractivity contribution in [2.45, 2.75) is 13.8 Å². The number of aromatic amines is 1. The lowest BCUT2D eigenvalue weighted by molar-refractivity contribution is -0.119. The van der Waals surface area contributed by atoms with Crippen LogP contribution >= 0.6 is 0 Å². The number of aromatic nitrogens is 2. The van der Waals surface area contributed by atoms with Crippen molar-refractivity contribution >= 4 is 28.5 Å². The van der Waals surface area contributed by atoms with E-state index < -0.39 is 18.5 Å². The smallest absolute Gasteiger partial charge is 0.359 e. The van der Waals surface area contributed by atoms with E-state index in [4.69, 9.17) is 14.2 Å². The molecule has 0 spiro atoms. The number of hydrogen-bond acceptors (Lipinski definition) is 6. The number of carbonyl (C=O) groups is 2. The Balaban J connectivity index is 1.61. The molecular formula is C20H21N3O5. The van der Waals surface area contributed by atoms with Gasteiger partial charge in [0.25, 0.3) is 5.91 Å². The monoisotopic (exact) mass is 383 g/mol. The van der Waals surface area contributed by atoms with Crippen LogP contribution in [0.2, 0.25) is 0 Å². The Kier molecular flexibility index (Phi) is 6.11. The van der Waals surface area contributed by atoms with Crippen molar-refractivity contribution < 1.29 is 23.8 Å². The summed E-state index contributed by atoms with van der Waals surface area (Å²) in [6, 6.07) is 12.2. The SMILES string of the molecule is CCOc1ccc(NC(=O)COC(=O)c2n[nH]c3ccccc23)cc1OCC. The number of carbonyl (C=O) groups excluding carboxylic acids is 2. The van der Waals surface area contributed by atoms with Crippen LogP contribution in [0.15, 0.2) is 42.5 Å². The van der Waals surface area contributed by atoms with Crippen molar-refractivity contribution in [1.82, 2.24) is 10.2 Å². The number of H-pyrrole nitrogens is 1. The van der Waals surface area contributed by atoms with Gasteiger partial charge in [-0.15, -0.1) is 0 Å². The standard InChI is InChI=1S/C20H21N3O5/c1-3-26-16-10-9-13(11-17(16)27-4-2)21-18(24)12-28-20(25)19-14-7-5-6-8-15(14)22-23-19/h5-11H,3-4,12H2,1-2H3,(H,21,24)(H,22,23). The topological polar surface area (TPSA) is 103 Å².